The quantitative estimate of drug-likeness (QED) is 0.426. The minimum atomic E-state index is -2.41. The fraction of sp³-hybridized carbons (Fsp3) is 0.538. The number of benzene rings is 1. The number of nitrogens with two attached hydrogens (primary N) is 1. The second kappa shape index (κ2) is 8.13. The van der Waals surface area contributed by atoms with Crippen molar-refractivity contribution in [3.05, 3.63) is 35.4 Å². The molecule has 0 aliphatic heterocycles. The normalized spacial score (nSPS) is 12.9. The van der Waals surface area contributed by atoms with Gasteiger partial charge < -0.3 is 4.74 Å². The molecule has 0 bridgehead atoms. The molecule has 0 spiro atoms. The Morgan fingerprint density at radius 1 is 1.33 bits per heavy atom. The molecule has 0 aliphatic carbocycles. The van der Waals surface area contributed by atoms with Crippen LogP contribution in [0.15, 0.2) is 24.3 Å². The number of alkyl halides is 2. The van der Waals surface area contributed by atoms with Crippen LogP contribution >= 0.6 is 0 Å². The van der Waals surface area contributed by atoms with Crippen LogP contribution in [-0.4, -0.2) is 25.7 Å². The summed E-state index contributed by atoms with van der Waals surface area (Å²) in [6.45, 7) is 1.81. The molecule has 1 unspecified atom stereocenters. The summed E-state index contributed by atoms with van der Waals surface area (Å²) in [5.41, 5.74) is 5.10. The van der Waals surface area contributed by atoms with Gasteiger partial charge in [-0.25, -0.2) is 8.78 Å². The van der Waals surface area contributed by atoms with Gasteiger partial charge in [-0.05, 0) is 30.9 Å². The van der Waals surface area contributed by atoms with Crippen molar-refractivity contribution in [2.75, 3.05) is 13.2 Å². The third kappa shape index (κ3) is 5.53. The number of hydrazine groups is 1. The van der Waals surface area contributed by atoms with Crippen LogP contribution in [0.5, 0.6) is 0 Å². The van der Waals surface area contributed by atoms with Gasteiger partial charge in [0.2, 0.25) is 0 Å². The number of hydrogen-bond acceptors (Lipinski definition) is 3. The van der Waals surface area contributed by atoms with Gasteiger partial charge in [-0.3, -0.25) is 11.3 Å². The number of nitrogens with one attached hydrogen (secondary N) is 1. The van der Waals surface area contributed by atoms with Gasteiger partial charge in [0.25, 0.3) is 6.43 Å². The van der Waals surface area contributed by atoms with Gasteiger partial charge in [-0.15, -0.1) is 0 Å². The van der Waals surface area contributed by atoms with E-state index in [-0.39, 0.29) is 12.6 Å². The molecule has 0 aliphatic rings. The second-order valence-corrected chi connectivity index (χ2v) is 4.25. The van der Waals surface area contributed by atoms with Gasteiger partial charge in [0.1, 0.15) is 6.61 Å². The van der Waals surface area contributed by atoms with Crippen molar-refractivity contribution in [1.29, 1.82) is 0 Å². The molecule has 0 saturated carbocycles. The minimum Gasteiger partial charge on any atom is -0.375 e. The highest BCUT2D eigenvalue weighted by atomic mass is 19.3. The van der Waals surface area contributed by atoms with Crippen molar-refractivity contribution in [2.24, 2.45) is 5.84 Å². The zero-order chi connectivity index (χ0) is 13.4. The maximum absolute atomic E-state index is 11.9. The van der Waals surface area contributed by atoms with Gasteiger partial charge in [-0.2, -0.15) is 0 Å². The largest absolute Gasteiger partial charge is 0.375 e. The Balaban J connectivity index is 2.36. The summed E-state index contributed by atoms with van der Waals surface area (Å²) >= 11 is 0. The van der Waals surface area contributed by atoms with Crippen molar-refractivity contribution < 1.29 is 13.5 Å². The molecule has 1 aromatic carbocycles. The summed E-state index contributed by atoms with van der Waals surface area (Å²) in [7, 11) is 0. The van der Waals surface area contributed by atoms with Crippen molar-refractivity contribution in [3.63, 3.8) is 0 Å². The van der Waals surface area contributed by atoms with E-state index in [2.05, 4.69) is 5.43 Å². The smallest absolute Gasteiger partial charge is 0.261 e. The fourth-order valence-corrected chi connectivity index (χ4v) is 1.75. The first-order chi connectivity index (χ1) is 8.63. The molecule has 0 saturated heterocycles. The number of aryl methyl sites for hydroxylation is 1. The third-order valence-electron chi connectivity index (χ3n) is 2.82. The van der Waals surface area contributed by atoms with Gasteiger partial charge in [0, 0.05) is 12.6 Å². The van der Waals surface area contributed by atoms with Crippen LogP contribution < -0.4 is 11.3 Å². The van der Waals surface area contributed by atoms with E-state index in [4.69, 9.17) is 10.6 Å². The Hall–Kier alpha value is -1.04. The molecule has 102 valence electrons. The van der Waals surface area contributed by atoms with E-state index in [1.54, 1.807) is 0 Å². The average Bonchev–Trinajstić information content (AvgIpc) is 2.35. The van der Waals surface area contributed by atoms with Crippen molar-refractivity contribution in [1.82, 2.24) is 5.43 Å². The first kappa shape index (κ1) is 15.0. The Labute approximate surface area is 106 Å². The number of halogens is 2. The SMILES string of the molecule is Cc1ccccc1CC(CCOCC(F)F)NN. The van der Waals surface area contributed by atoms with E-state index in [1.807, 2.05) is 31.2 Å². The average molecular weight is 258 g/mol. The molecule has 0 fully saturated rings. The van der Waals surface area contributed by atoms with Crippen LogP contribution in [0, 0.1) is 6.92 Å². The highest BCUT2D eigenvalue weighted by Crippen LogP contribution is 2.11. The van der Waals surface area contributed by atoms with Crippen LogP contribution in [0.25, 0.3) is 0 Å². The Bertz CT molecular complexity index is 348. The number of ether oxygens (including phenoxy) is 1. The van der Waals surface area contributed by atoms with Gasteiger partial charge in [0.15, 0.2) is 0 Å². The van der Waals surface area contributed by atoms with Crippen LogP contribution in [0.3, 0.4) is 0 Å². The number of rotatable bonds is 8. The molecule has 0 radical (unpaired) electrons. The third-order valence-corrected chi connectivity index (χ3v) is 2.82. The molecule has 5 heteroatoms. The first-order valence-electron chi connectivity index (χ1n) is 6.00. The molecule has 1 atom stereocenters. The fourth-order valence-electron chi connectivity index (χ4n) is 1.75. The molecular weight excluding hydrogens is 238 g/mol. The molecule has 1 aromatic rings. The highest BCUT2D eigenvalue weighted by Gasteiger charge is 2.10. The lowest BCUT2D eigenvalue weighted by Crippen LogP contribution is -2.37. The van der Waals surface area contributed by atoms with Gasteiger partial charge in [0.05, 0.1) is 0 Å². The zero-order valence-electron chi connectivity index (χ0n) is 10.5. The predicted octanol–water partition coefficient (Wildman–Crippen LogP) is 2.04. The van der Waals surface area contributed by atoms with Crippen LogP contribution in [0.2, 0.25) is 0 Å². The molecule has 0 amide bonds. The Morgan fingerprint density at radius 2 is 2.06 bits per heavy atom. The van der Waals surface area contributed by atoms with E-state index in [9.17, 15) is 8.78 Å². The van der Waals surface area contributed by atoms with Crippen LogP contribution in [0.1, 0.15) is 17.5 Å². The standard InChI is InChI=1S/C13H20F2N2O/c1-10-4-2-3-5-11(10)8-12(17-16)6-7-18-9-13(14)15/h2-5,12-13,17H,6-9,16H2,1H3. The Kier molecular flexibility index (Phi) is 6.78. The summed E-state index contributed by atoms with van der Waals surface area (Å²) in [6, 6.07) is 8.07. The topological polar surface area (TPSA) is 47.3 Å². The van der Waals surface area contributed by atoms with Gasteiger partial charge >= 0.3 is 0 Å². The predicted molar refractivity (Wildman–Crippen MR) is 67.4 cm³/mol. The molecule has 0 aromatic heterocycles. The maximum Gasteiger partial charge on any atom is 0.261 e. The van der Waals surface area contributed by atoms with Crippen molar-refractivity contribution >= 4 is 0 Å². The highest BCUT2D eigenvalue weighted by molar-refractivity contribution is 5.26. The minimum absolute atomic E-state index is 0.0313. The molecule has 1 rings (SSSR count). The van der Waals surface area contributed by atoms with Crippen molar-refractivity contribution in [2.45, 2.75) is 32.2 Å². The number of hydrogen-bond donors (Lipinski definition) is 2. The van der Waals surface area contributed by atoms with Gasteiger partial charge in [-0.1, -0.05) is 24.3 Å². The van der Waals surface area contributed by atoms with E-state index in [1.165, 1.54) is 11.1 Å². The maximum atomic E-state index is 11.9. The van der Waals surface area contributed by atoms with E-state index < -0.39 is 13.0 Å². The molecule has 18 heavy (non-hydrogen) atoms. The molecule has 0 heterocycles. The van der Waals surface area contributed by atoms with E-state index in [0.29, 0.717) is 6.42 Å². The first-order valence-corrected chi connectivity index (χ1v) is 6.00. The van der Waals surface area contributed by atoms with E-state index >= 15 is 0 Å². The van der Waals surface area contributed by atoms with E-state index in [0.717, 1.165) is 6.42 Å². The summed E-state index contributed by atoms with van der Waals surface area (Å²) in [4.78, 5) is 0. The molecule has 3 N–H and O–H groups in total. The van der Waals surface area contributed by atoms with Crippen LogP contribution in [0.4, 0.5) is 8.78 Å². The summed E-state index contributed by atoms with van der Waals surface area (Å²) in [5, 5.41) is 0. The molecular formula is C13H20F2N2O. The zero-order valence-corrected chi connectivity index (χ0v) is 10.5. The lowest BCUT2D eigenvalue weighted by molar-refractivity contribution is 0.0144. The molecule has 3 nitrogen and oxygen atoms in total. The monoisotopic (exact) mass is 258 g/mol. The lowest BCUT2D eigenvalue weighted by atomic mass is 10.00. The van der Waals surface area contributed by atoms with Crippen LogP contribution in [-0.2, 0) is 11.2 Å². The second-order valence-electron chi connectivity index (χ2n) is 4.25. The summed E-state index contributed by atoms with van der Waals surface area (Å²) in [5.74, 6) is 5.46. The summed E-state index contributed by atoms with van der Waals surface area (Å²) < 4.78 is 28.6. The summed E-state index contributed by atoms with van der Waals surface area (Å²) in [6.07, 6.45) is -1.04. The van der Waals surface area contributed by atoms with Crippen molar-refractivity contribution in [3.8, 4) is 0 Å². The lowest BCUT2D eigenvalue weighted by Gasteiger charge is -2.17. The Morgan fingerprint density at radius 3 is 2.67 bits per heavy atom.